The number of nitrogens with one attached hydrogen (secondary N) is 2. The Morgan fingerprint density at radius 2 is 1.67 bits per heavy atom. The first-order valence-corrected chi connectivity index (χ1v) is 12.2. The largest absolute Gasteiger partial charge is 0.416 e. The lowest BCUT2D eigenvalue weighted by Crippen LogP contribution is -2.36. The van der Waals surface area contributed by atoms with Gasteiger partial charge in [0.15, 0.2) is 0 Å². The van der Waals surface area contributed by atoms with E-state index in [-0.39, 0.29) is 23.4 Å². The van der Waals surface area contributed by atoms with Crippen molar-refractivity contribution in [3.63, 3.8) is 0 Å². The van der Waals surface area contributed by atoms with Gasteiger partial charge >= 0.3 is 6.18 Å². The lowest BCUT2D eigenvalue weighted by molar-refractivity contribution is -0.137. The molecule has 3 atom stereocenters. The highest BCUT2D eigenvalue weighted by molar-refractivity contribution is 5.95. The quantitative estimate of drug-likeness (QED) is 0.416. The first-order chi connectivity index (χ1) is 16.8. The fourth-order valence-electron chi connectivity index (χ4n) is 4.56. The number of carbonyl (C=O) groups is 1. The van der Waals surface area contributed by atoms with Crippen molar-refractivity contribution in [1.29, 1.82) is 0 Å². The van der Waals surface area contributed by atoms with Gasteiger partial charge in [-0.2, -0.15) is 18.3 Å². The Morgan fingerprint density at radius 1 is 1.03 bits per heavy atom. The van der Waals surface area contributed by atoms with E-state index in [1.165, 1.54) is 17.7 Å². The molecule has 1 amide bonds. The Kier molecular flexibility index (Phi) is 7.01. The minimum absolute atomic E-state index is 0.176. The lowest BCUT2D eigenvalue weighted by Gasteiger charge is -2.21. The molecule has 4 rings (SSSR count). The third kappa shape index (κ3) is 5.64. The number of halogens is 3. The van der Waals surface area contributed by atoms with Crippen LogP contribution in [-0.4, -0.2) is 21.7 Å². The van der Waals surface area contributed by atoms with Gasteiger partial charge in [-0.05, 0) is 74.6 Å². The van der Waals surface area contributed by atoms with Crippen LogP contribution in [0.1, 0.15) is 81.3 Å². The lowest BCUT2D eigenvalue weighted by atomic mass is 9.90. The van der Waals surface area contributed by atoms with E-state index in [1.807, 2.05) is 62.0 Å². The van der Waals surface area contributed by atoms with Gasteiger partial charge in [0.1, 0.15) is 0 Å². The predicted octanol–water partition coefficient (Wildman–Crippen LogP) is 6.61. The van der Waals surface area contributed by atoms with Gasteiger partial charge in [-0.1, -0.05) is 38.1 Å². The molecule has 2 heterocycles. The number of rotatable bonds is 5. The van der Waals surface area contributed by atoms with Crippen LogP contribution >= 0.6 is 0 Å². The maximum absolute atomic E-state index is 13.2. The molecule has 0 saturated carbocycles. The van der Waals surface area contributed by atoms with Crippen LogP contribution in [0, 0.1) is 0 Å². The van der Waals surface area contributed by atoms with E-state index in [4.69, 9.17) is 5.10 Å². The first-order valence-electron chi connectivity index (χ1n) is 12.2. The Hall–Kier alpha value is -3.13. The van der Waals surface area contributed by atoms with Gasteiger partial charge in [-0.15, -0.1) is 0 Å². The number of benzene rings is 2. The maximum atomic E-state index is 13.2. The van der Waals surface area contributed by atoms with E-state index < -0.39 is 17.8 Å². The number of anilines is 1. The summed E-state index contributed by atoms with van der Waals surface area (Å²) in [5.74, 6) is 0.0378. The SMILES string of the molecule is CC(C)c1ccc(NC(=O)[C@@H]2C[C@@H](c3ccn(C(C)(C)C)n3)[C@H](c3ccc(C(F)(F)F)cc3)N2)cc1. The van der Waals surface area contributed by atoms with Gasteiger partial charge in [0.25, 0.3) is 0 Å². The zero-order chi connectivity index (χ0) is 26.3. The number of hydrogen-bond donors (Lipinski definition) is 2. The maximum Gasteiger partial charge on any atom is 0.416 e. The molecule has 0 spiro atoms. The molecule has 5 nitrogen and oxygen atoms in total. The molecule has 0 bridgehead atoms. The normalized spacial score (nSPS) is 20.6. The Bertz CT molecular complexity index is 1190. The minimum Gasteiger partial charge on any atom is -0.325 e. The van der Waals surface area contributed by atoms with E-state index in [9.17, 15) is 18.0 Å². The summed E-state index contributed by atoms with van der Waals surface area (Å²) in [6, 6.07) is 14.0. The summed E-state index contributed by atoms with van der Waals surface area (Å²) in [6.45, 7) is 10.4. The van der Waals surface area contributed by atoms with Crippen LogP contribution in [0.3, 0.4) is 0 Å². The molecule has 0 aliphatic carbocycles. The van der Waals surface area contributed by atoms with Crippen molar-refractivity contribution < 1.29 is 18.0 Å². The molecule has 3 aromatic rings. The Labute approximate surface area is 210 Å². The van der Waals surface area contributed by atoms with Crippen LogP contribution in [0.4, 0.5) is 18.9 Å². The fraction of sp³-hybridized carbons (Fsp3) is 0.429. The molecule has 1 fully saturated rings. The number of amides is 1. The molecule has 0 unspecified atom stereocenters. The average molecular weight is 499 g/mol. The molecule has 1 aromatic heterocycles. The van der Waals surface area contributed by atoms with E-state index in [1.54, 1.807) is 0 Å². The highest BCUT2D eigenvalue weighted by Gasteiger charge is 2.41. The van der Waals surface area contributed by atoms with Crippen molar-refractivity contribution in [2.45, 2.75) is 76.7 Å². The van der Waals surface area contributed by atoms with Gasteiger partial charge in [-0.25, -0.2) is 0 Å². The first kappa shape index (κ1) is 25.9. The molecule has 0 radical (unpaired) electrons. The highest BCUT2D eigenvalue weighted by atomic mass is 19.4. The molecule has 2 N–H and O–H groups in total. The van der Waals surface area contributed by atoms with Crippen molar-refractivity contribution in [1.82, 2.24) is 15.1 Å². The second-order valence-corrected chi connectivity index (χ2v) is 10.8. The molecule has 8 heteroatoms. The van der Waals surface area contributed by atoms with E-state index >= 15 is 0 Å². The molecular formula is C28H33F3N4O. The van der Waals surface area contributed by atoms with Crippen LogP contribution in [0.5, 0.6) is 0 Å². The average Bonchev–Trinajstić information content (AvgIpc) is 3.46. The van der Waals surface area contributed by atoms with Gasteiger partial charge in [-0.3, -0.25) is 14.8 Å². The minimum atomic E-state index is -4.40. The van der Waals surface area contributed by atoms with Crippen molar-refractivity contribution in [2.75, 3.05) is 5.32 Å². The van der Waals surface area contributed by atoms with Crippen molar-refractivity contribution in [3.05, 3.63) is 83.2 Å². The van der Waals surface area contributed by atoms with Crippen LogP contribution in [0.25, 0.3) is 0 Å². The second-order valence-electron chi connectivity index (χ2n) is 10.8. The fourth-order valence-corrected chi connectivity index (χ4v) is 4.56. The van der Waals surface area contributed by atoms with Gasteiger partial charge in [0, 0.05) is 23.8 Å². The van der Waals surface area contributed by atoms with Crippen molar-refractivity contribution in [3.8, 4) is 0 Å². The number of nitrogens with zero attached hydrogens (tertiary/aromatic N) is 2. The van der Waals surface area contributed by atoms with Crippen LogP contribution in [0.2, 0.25) is 0 Å². The number of alkyl halides is 3. The number of carbonyl (C=O) groups excluding carboxylic acids is 1. The van der Waals surface area contributed by atoms with Crippen LogP contribution < -0.4 is 10.6 Å². The van der Waals surface area contributed by atoms with Crippen molar-refractivity contribution >= 4 is 11.6 Å². The second kappa shape index (κ2) is 9.73. The van der Waals surface area contributed by atoms with E-state index in [0.29, 0.717) is 23.6 Å². The van der Waals surface area contributed by atoms with Crippen LogP contribution in [0.15, 0.2) is 60.8 Å². The standard InChI is InChI=1S/C28H33F3N4O/c1-17(2)18-8-12-21(13-9-18)32-26(36)24-16-22(23-14-15-35(34-23)27(3,4)5)25(33-24)19-6-10-20(11-7-19)28(29,30)31/h6-15,17,22,24-25,33H,16H2,1-5H3,(H,32,36)/t22-,24-,25-/m0/s1. The van der Waals surface area contributed by atoms with Gasteiger partial charge in [0.05, 0.1) is 22.8 Å². The third-order valence-electron chi connectivity index (χ3n) is 6.71. The third-order valence-corrected chi connectivity index (χ3v) is 6.71. The van der Waals surface area contributed by atoms with Crippen LogP contribution in [-0.2, 0) is 16.5 Å². The summed E-state index contributed by atoms with van der Waals surface area (Å²) < 4.78 is 41.2. The smallest absolute Gasteiger partial charge is 0.325 e. The molecule has 2 aromatic carbocycles. The van der Waals surface area contributed by atoms with Crippen molar-refractivity contribution in [2.24, 2.45) is 0 Å². The zero-order valence-corrected chi connectivity index (χ0v) is 21.2. The Balaban J connectivity index is 1.59. The van der Waals surface area contributed by atoms with E-state index in [2.05, 4.69) is 24.5 Å². The zero-order valence-electron chi connectivity index (χ0n) is 21.2. The molecule has 1 aliphatic rings. The molecular weight excluding hydrogens is 465 g/mol. The molecule has 36 heavy (non-hydrogen) atoms. The summed E-state index contributed by atoms with van der Waals surface area (Å²) in [7, 11) is 0. The number of aromatic nitrogens is 2. The Morgan fingerprint density at radius 3 is 2.19 bits per heavy atom. The highest BCUT2D eigenvalue weighted by Crippen LogP contribution is 2.41. The van der Waals surface area contributed by atoms with E-state index in [0.717, 1.165) is 17.8 Å². The topological polar surface area (TPSA) is 59.0 Å². The molecule has 192 valence electrons. The van der Waals surface area contributed by atoms with Gasteiger partial charge in [0.2, 0.25) is 5.91 Å². The molecule has 1 aliphatic heterocycles. The monoisotopic (exact) mass is 498 g/mol. The van der Waals surface area contributed by atoms with Gasteiger partial charge < -0.3 is 5.32 Å². The predicted molar refractivity (Wildman–Crippen MR) is 135 cm³/mol. The summed E-state index contributed by atoms with van der Waals surface area (Å²) in [5, 5.41) is 11.1. The summed E-state index contributed by atoms with van der Waals surface area (Å²) in [4.78, 5) is 13.2. The number of hydrogen-bond acceptors (Lipinski definition) is 3. The summed E-state index contributed by atoms with van der Waals surface area (Å²) in [6.07, 6.45) is -2.02. The molecule has 1 saturated heterocycles. The summed E-state index contributed by atoms with van der Waals surface area (Å²) in [5.41, 5.74) is 2.47. The summed E-state index contributed by atoms with van der Waals surface area (Å²) >= 11 is 0.